The lowest BCUT2D eigenvalue weighted by molar-refractivity contribution is 0.249. The lowest BCUT2D eigenvalue weighted by Gasteiger charge is -2.19. The number of amides is 2. The van der Waals surface area contributed by atoms with Crippen LogP contribution in [0.4, 0.5) is 10.5 Å². The Hall–Kier alpha value is -2.69. The molecule has 0 fully saturated rings. The van der Waals surface area contributed by atoms with Gasteiger partial charge in [-0.2, -0.15) is 0 Å². The van der Waals surface area contributed by atoms with E-state index in [0.717, 1.165) is 22.4 Å². The Balaban J connectivity index is 2.11. The van der Waals surface area contributed by atoms with Gasteiger partial charge >= 0.3 is 6.03 Å². The number of benzene rings is 2. The lowest BCUT2D eigenvalue weighted by Crippen LogP contribution is -2.31. The molecule has 1 atom stereocenters. The molecule has 0 aromatic heterocycles. The Kier molecular flexibility index (Phi) is 5.68. The molecular weight excluding hydrogens is 304 g/mol. The van der Waals surface area contributed by atoms with Crippen molar-refractivity contribution in [2.75, 3.05) is 19.5 Å². The van der Waals surface area contributed by atoms with Crippen LogP contribution < -0.4 is 20.1 Å². The highest BCUT2D eigenvalue weighted by molar-refractivity contribution is 5.89. The molecular formula is C19H24N2O3. The smallest absolute Gasteiger partial charge is 0.319 e. The number of urea groups is 1. The summed E-state index contributed by atoms with van der Waals surface area (Å²) in [6.45, 7) is 5.90. The molecule has 0 unspecified atom stereocenters. The number of nitrogens with one attached hydrogen (secondary N) is 2. The number of hydrogen-bond acceptors (Lipinski definition) is 3. The molecule has 0 aliphatic heterocycles. The second-order valence-corrected chi connectivity index (χ2v) is 5.75. The van der Waals surface area contributed by atoms with E-state index in [1.54, 1.807) is 14.2 Å². The predicted octanol–water partition coefficient (Wildman–Crippen LogP) is 4.20. The fourth-order valence-electron chi connectivity index (χ4n) is 2.63. The first-order chi connectivity index (χ1) is 11.4. The van der Waals surface area contributed by atoms with Gasteiger partial charge in [0.1, 0.15) is 0 Å². The van der Waals surface area contributed by atoms with E-state index in [9.17, 15) is 4.79 Å². The number of carbonyl (C=O) groups is 1. The van der Waals surface area contributed by atoms with E-state index in [1.165, 1.54) is 0 Å². The van der Waals surface area contributed by atoms with E-state index < -0.39 is 0 Å². The molecule has 0 aliphatic rings. The van der Waals surface area contributed by atoms with Crippen molar-refractivity contribution in [3.63, 3.8) is 0 Å². The summed E-state index contributed by atoms with van der Waals surface area (Å²) in [6.07, 6.45) is 0. The van der Waals surface area contributed by atoms with Crippen LogP contribution in [0.2, 0.25) is 0 Å². The summed E-state index contributed by atoms with van der Waals surface area (Å²) in [5.74, 6) is 1.32. The minimum atomic E-state index is -0.248. The van der Waals surface area contributed by atoms with Gasteiger partial charge in [0, 0.05) is 5.69 Å². The van der Waals surface area contributed by atoms with E-state index in [4.69, 9.17) is 9.47 Å². The Morgan fingerprint density at radius 2 is 1.71 bits per heavy atom. The summed E-state index contributed by atoms with van der Waals surface area (Å²) in [5, 5.41) is 5.80. The first kappa shape index (κ1) is 17.7. The molecule has 5 heteroatoms. The van der Waals surface area contributed by atoms with Gasteiger partial charge in [-0.25, -0.2) is 4.79 Å². The number of methoxy groups -OCH3 is 2. The Labute approximate surface area is 143 Å². The zero-order valence-electron chi connectivity index (χ0n) is 14.8. The SMILES string of the molecule is COc1cc(C)c([C@H](C)NC(=O)Nc2cccc(C)c2)cc1OC. The third kappa shape index (κ3) is 4.19. The average Bonchev–Trinajstić information content (AvgIpc) is 2.54. The molecule has 5 nitrogen and oxygen atoms in total. The van der Waals surface area contributed by atoms with Gasteiger partial charge < -0.3 is 20.1 Å². The maximum absolute atomic E-state index is 12.2. The van der Waals surface area contributed by atoms with Crippen LogP contribution in [0, 0.1) is 13.8 Å². The van der Waals surface area contributed by atoms with Crippen molar-refractivity contribution in [1.29, 1.82) is 0 Å². The quantitative estimate of drug-likeness (QED) is 0.864. The van der Waals surface area contributed by atoms with Crippen LogP contribution >= 0.6 is 0 Å². The molecule has 0 aliphatic carbocycles. The molecule has 0 radical (unpaired) electrons. The standard InChI is InChI=1S/C19H24N2O3/c1-12-7-6-8-15(9-12)21-19(22)20-14(3)16-11-18(24-5)17(23-4)10-13(16)2/h6-11,14H,1-5H3,(H2,20,21,22)/t14-/m0/s1. The molecule has 24 heavy (non-hydrogen) atoms. The zero-order chi connectivity index (χ0) is 17.7. The molecule has 128 valence electrons. The van der Waals surface area contributed by atoms with Crippen molar-refractivity contribution in [1.82, 2.24) is 5.32 Å². The molecule has 2 aromatic rings. The summed E-state index contributed by atoms with van der Waals surface area (Å²) in [6, 6.07) is 11.1. The van der Waals surface area contributed by atoms with Gasteiger partial charge in [0.2, 0.25) is 0 Å². The van der Waals surface area contributed by atoms with Crippen molar-refractivity contribution >= 4 is 11.7 Å². The number of ether oxygens (including phenoxy) is 2. The highest BCUT2D eigenvalue weighted by Gasteiger charge is 2.15. The van der Waals surface area contributed by atoms with E-state index in [2.05, 4.69) is 10.6 Å². The van der Waals surface area contributed by atoms with Gasteiger partial charge in [-0.05, 0) is 61.7 Å². The maximum Gasteiger partial charge on any atom is 0.319 e. The Morgan fingerprint density at radius 1 is 1.04 bits per heavy atom. The molecule has 2 aromatic carbocycles. The van der Waals surface area contributed by atoms with E-state index in [0.29, 0.717) is 11.5 Å². The van der Waals surface area contributed by atoms with Crippen molar-refractivity contribution < 1.29 is 14.3 Å². The molecule has 2 N–H and O–H groups in total. The van der Waals surface area contributed by atoms with Crippen molar-refractivity contribution in [3.8, 4) is 11.5 Å². The summed E-state index contributed by atoms with van der Waals surface area (Å²) in [4.78, 5) is 12.2. The van der Waals surface area contributed by atoms with Gasteiger partial charge in [0.05, 0.1) is 20.3 Å². The third-order valence-corrected chi connectivity index (χ3v) is 3.86. The van der Waals surface area contributed by atoms with Crippen LogP contribution in [0.1, 0.15) is 29.7 Å². The largest absolute Gasteiger partial charge is 0.493 e. The second-order valence-electron chi connectivity index (χ2n) is 5.75. The van der Waals surface area contributed by atoms with Crippen molar-refractivity contribution in [3.05, 3.63) is 53.1 Å². The highest BCUT2D eigenvalue weighted by Crippen LogP contribution is 2.32. The summed E-state index contributed by atoms with van der Waals surface area (Å²) >= 11 is 0. The van der Waals surface area contributed by atoms with Gasteiger partial charge in [-0.1, -0.05) is 12.1 Å². The number of rotatable bonds is 5. The molecule has 0 bridgehead atoms. The zero-order valence-corrected chi connectivity index (χ0v) is 14.8. The predicted molar refractivity (Wildman–Crippen MR) is 96.0 cm³/mol. The fourth-order valence-corrected chi connectivity index (χ4v) is 2.63. The van der Waals surface area contributed by atoms with Gasteiger partial charge in [-0.3, -0.25) is 0 Å². The van der Waals surface area contributed by atoms with Crippen LogP contribution in [-0.4, -0.2) is 20.3 Å². The van der Waals surface area contributed by atoms with Crippen LogP contribution in [0.15, 0.2) is 36.4 Å². The maximum atomic E-state index is 12.2. The Bertz CT molecular complexity index is 729. The lowest BCUT2D eigenvalue weighted by atomic mass is 10.0. The number of hydrogen-bond donors (Lipinski definition) is 2. The molecule has 0 saturated heterocycles. The fraction of sp³-hybridized carbons (Fsp3) is 0.316. The summed E-state index contributed by atoms with van der Waals surface area (Å²) < 4.78 is 10.6. The monoisotopic (exact) mass is 328 g/mol. The van der Waals surface area contributed by atoms with E-state index in [1.807, 2.05) is 57.2 Å². The van der Waals surface area contributed by atoms with Crippen LogP contribution in [-0.2, 0) is 0 Å². The molecule has 2 amide bonds. The molecule has 0 heterocycles. The minimum absolute atomic E-state index is 0.172. The average molecular weight is 328 g/mol. The first-order valence-electron chi connectivity index (χ1n) is 7.81. The van der Waals surface area contributed by atoms with Crippen LogP contribution in [0.5, 0.6) is 11.5 Å². The highest BCUT2D eigenvalue weighted by atomic mass is 16.5. The first-order valence-corrected chi connectivity index (χ1v) is 7.81. The van der Waals surface area contributed by atoms with Crippen LogP contribution in [0.3, 0.4) is 0 Å². The number of anilines is 1. The van der Waals surface area contributed by atoms with E-state index in [-0.39, 0.29) is 12.1 Å². The van der Waals surface area contributed by atoms with Crippen molar-refractivity contribution in [2.24, 2.45) is 0 Å². The Morgan fingerprint density at radius 3 is 2.33 bits per heavy atom. The van der Waals surface area contributed by atoms with Crippen molar-refractivity contribution in [2.45, 2.75) is 26.8 Å². The van der Waals surface area contributed by atoms with Gasteiger partial charge in [-0.15, -0.1) is 0 Å². The minimum Gasteiger partial charge on any atom is -0.493 e. The second kappa shape index (κ2) is 7.73. The normalized spacial score (nSPS) is 11.5. The van der Waals surface area contributed by atoms with Gasteiger partial charge in [0.15, 0.2) is 11.5 Å². The van der Waals surface area contributed by atoms with E-state index >= 15 is 0 Å². The number of aryl methyl sites for hydroxylation is 2. The topological polar surface area (TPSA) is 59.6 Å². The third-order valence-electron chi connectivity index (χ3n) is 3.86. The molecule has 2 rings (SSSR count). The summed E-state index contributed by atoms with van der Waals surface area (Å²) in [5.41, 5.74) is 3.86. The van der Waals surface area contributed by atoms with Gasteiger partial charge in [0.25, 0.3) is 0 Å². The molecule has 0 spiro atoms. The number of carbonyl (C=O) groups excluding carboxylic acids is 1. The molecule has 0 saturated carbocycles. The summed E-state index contributed by atoms with van der Waals surface area (Å²) in [7, 11) is 3.20. The van der Waals surface area contributed by atoms with Crippen LogP contribution in [0.25, 0.3) is 0 Å².